The maximum atomic E-state index is 11.9. The van der Waals surface area contributed by atoms with Crippen LogP contribution in [-0.4, -0.2) is 127 Å². The van der Waals surface area contributed by atoms with E-state index in [1.165, 1.54) is 46.0 Å². The Morgan fingerprint density at radius 3 is 1.41 bits per heavy atom. The van der Waals surface area contributed by atoms with E-state index >= 15 is 0 Å². The van der Waals surface area contributed by atoms with Gasteiger partial charge in [0.05, 0.1) is 37.0 Å². The monoisotopic (exact) mass is 1070 g/mol. The van der Waals surface area contributed by atoms with E-state index in [4.69, 9.17) is 43.6 Å². The summed E-state index contributed by atoms with van der Waals surface area (Å²) in [7, 11) is 0. The van der Waals surface area contributed by atoms with Crippen LogP contribution in [0.1, 0.15) is 66.2 Å². The summed E-state index contributed by atoms with van der Waals surface area (Å²) in [5.41, 5.74) is 2.12. The lowest BCUT2D eigenvalue weighted by molar-refractivity contribution is -0.229. The zero-order valence-electron chi connectivity index (χ0n) is 30.7. The molecule has 16 nitrogen and oxygen atoms in total. The van der Waals surface area contributed by atoms with E-state index in [2.05, 4.69) is 77.9 Å². The highest BCUT2D eigenvalue weighted by atomic mass is 79.9. The van der Waals surface area contributed by atoms with Gasteiger partial charge in [-0.05, 0) is 71.1 Å². The Morgan fingerprint density at radius 1 is 0.796 bits per heavy atom. The molecular weight excluding hydrogens is 1020 g/mol. The number of esters is 3. The van der Waals surface area contributed by atoms with Crippen LogP contribution in [0, 0.1) is 23.7 Å². The molecule has 1 unspecified atom stereocenters. The summed E-state index contributed by atoms with van der Waals surface area (Å²) >= 11 is 22.0. The number of ether oxygens (including phenoxy) is 3. The fraction of sp³-hybridized carbons (Fsp3) is 0.812. The number of carbonyl (C=O) groups excluding carboxylic acids is 7. The highest BCUT2D eigenvalue weighted by Crippen LogP contribution is 2.48. The average molecular weight is 1080 g/mol. The van der Waals surface area contributed by atoms with E-state index < -0.39 is 41.6 Å². The second-order valence-corrected chi connectivity index (χ2v) is 14.9. The number of nitrogens with one attached hydrogen (secondary N) is 1. The molecule has 0 aromatic heterocycles. The van der Waals surface area contributed by atoms with E-state index in [1.807, 2.05) is 5.32 Å². The minimum Gasteiger partial charge on any atom is -0.464 e. The molecule has 4 rings (SSSR count). The van der Waals surface area contributed by atoms with Crippen molar-refractivity contribution >= 4 is 123 Å². The Balaban J connectivity index is -0.000000647. The van der Waals surface area contributed by atoms with Crippen molar-refractivity contribution in [3.63, 3.8) is 0 Å². The average Bonchev–Trinajstić information content (AvgIpc) is 3.12. The van der Waals surface area contributed by atoms with Crippen molar-refractivity contribution in [2.75, 3.05) is 46.5 Å². The molecule has 2 amide bonds. The minimum atomic E-state index is -2.84. The van der Waals surface area contributed by atoms with E-state index in [0.717, 1.165) is 11.8 Å². The smallest absolute Gasteiger partial charge is 0.373 e. The standard InChI is InChI=1S/C11H17Br2NO6.C9H15NO.C6H12O3.C4H7Br2NO.CH2Cl2.CO2/c1-3-19-9(16)11(18,10(17)20-4-2)14-8(15)7(5-12)6-13;11-10-8-2-6-1-7(4-8)5-9(10)3-6;1-3-5(7)6(8)9-4-2;5-1-3(2-6)4(7)8;2*2-1-3/h7,18H,3-6H2,1-2H3,(H,14,15);6-9,11H,1-5H2;5,7H,3-4H2,1-2H3;3H,1-2H2,(H2,7,8);1H2;. The Labute approximate surface area is 360 Å². The molecule has 0 aromatic carbocycles. The first-order valence-electron chi connectivity index (χ1n) is 16.8. The summed E-state index contributed by atoms with van der Waals surface area (Å²) in [6.45, 7) is 6.65. The van der Waals surface area contributed by atoms with Crippen LogP contribution < -0.4 is 11.1 Å². The second-order valence-electron chi connectivity index (χ2n) is 11.5. The van der Waals surface area contributed by atoms with Gasteiger partial charge in [-0.1, -0.05) is 70.6 Å². The van der Waals surface area contributed by atoms with Crippen molar-refractivity contribution in [3.8, 4) is 0 Å². The van der Waals surface area contributed by atoms with Crippen molar-refractivity contribution in [2.45, 2.75) is 90.1 Å². The number of nitrogens with zero attached hydrogens (tertiary/aromatic N) is 1. The molecule has 316 valence electrons. The van der Waals surface area contributed by atoms with Crippen LogP contribution in [0.2, 0.25) is 0 Å². The van der Waals surface area contributed by atoms with Gasteiger partial charge in [0, 0.05) is 33.4 Å². The van der Waals surface area contributed by atoms with E-state index in [-0.39, 0.29) is 47.2 Å². The minimum absolute atomic E-state index is 0.0588. The maximum absolute atomic E-state index is 11.9. The number of carbonyl (C=O) groups is 5. The lowest BCUT2D eigenvalue weighted by Gasteiger charge is -2.53. The predicted molar refractivity (Wildman–Crippen MR) is 213 cm³/mol. The number of rotatable bonds is 14. The van der Waals surface area contributed by atoms with Gasteiger partial charge in [-0.2, -0.15) is 14.7 Å². The summed E-state index contributed by atoms with van der Waals surface area (Å²) in [5.74, 6) is -2.78. The summed E-state index contributed by atoms with van der Waals surface area (Å²) in [5, 5.41) is 34.2. The molecule has 4 fully saturated rings. The topological polar surface area (TPSA) is 249 Å². The van der Waals surface area contributed by atoms with Crippen molar-refractivity contribution in [1.82, 2.24) is 10.4 Å². The molecule has 2 saturated carbocycles. The Morgan fingerprint density at radius 2 is 1.15 bits per heavy atom. The summed E-state index contributed by atoms with van der Waals surface area (Å²) in [6.07, 6.45) is 6.25. The molecule has 0 radical (unpaired) electrons. The van der Waals surface area contributed by atoms with Gasteiger partial charge in [0.2, 0.25) is 11.8 Å². The van der Waals surface area contributed by atoms with Gasteiger partial charge in [0.1, 0.15) is 0 Å². The third-order valence-electron chi connectivity index (χ3n) is 7.75. The van der Waals surface area contributed by atoms with Crippen LogP contribution in [-0.2, 0) is 47.8 Å². The molecule has 2 heterocycles. The number of hydrogen-bond acceptors (Lipinski definition) is 14. The van der Waals surface area contributed by atoms with Crippen molar-refractivity contribution in [2.24, 2.45) is 29.4 Å². The molecule has 22 heteroatoms. The number of amides is 2. The molecule has 2 saturated heterocycles. The van der Waals surface area contributed by atoms with Gasteiger partial charge < -0.3 is 40.7 Å². The quantitative estimate of drug-likeness (QED) is 0.0543. The second kappa shape index (κ2) is 34.1. The summed E-state index contributed by atoms with van der Waals surface area (Å²) in [4.78, 5) is 72.4. The van der Waals surface area contributed by atoms with Crippen LogP contribution >= 0.6 is 86.9 Å². The van der Waals surface area contributed by atoms with Gasteiger partial charge >= 0.3 is 29.8 Å². The molecule has 2 aliphatic heterocycles. The predicted octanol–water partition coefficient (Wildman–Crippen LogP) is 4.00. The zero-order valence-corrected chi connectivity index (χ0v) is 38.5. The third-order valence-corrected chi connectivity index (χ3v) is 10.9. The molecule has 54 heavy (non-hydrogen) atoms. The Kier molecular flexibility index (Phi) is 36.3. The zero-order chi connectivity index (χ0) is 42.4. The van der Waals surface area contributed by atoms with Crippen LogP contribution in [0.3, 0.4) is 0 Å². The van der Waals surface area contributed by atoms with Gasteiger partial charge in [0.25, 0.3) is 0 Å². The summed E-state index contributed by atoms with van der Waals surface area (Å²) in [6, 6.07) is 1.07. The number of hydroxylamine groups is 2. The van der Waals surface area contributed by atoms with Gasteiger partial charge in [-0.3, -0.25) is 9.59 Å². The number of piperidine rings is 2. The molecule has 6 N–H and O–H groups in total. The lowest BCUT2D eigenvalue weighted by atomic mass is 9.64. The SMILES string of the molecule is CCOC(=O)C(O)(NC(=O)C(CBr)CBr)C(=O)OCC.CCOC(=O)C(O)CC.ClCCl.NC(=O)C(CBr)CBr.O=C=O.ON1C2CC3CC(C2)CC1C3. The van der Waals surface area contributed by atoms with Crippen molar-refractivity contribution in [3.05, 3.63) is 0 Å². The number of aliphatic hydroxyl groups is 2. The fourth-order valence-electron chi connectivity index (χ4n) is 5.23. The lowest BCUT2D eigenvalue weighted by Crippen LogP contribution is -2.62. The Hall–Kier alpha value is -0.930. The summed E-state index contributed by atoms with van der Waals surface area (Å²) < 4.78 is 13.7. The number of primary amides is 1. The van der Waals surface area contributed by atoms with Gasteiger partial charge in [-0.15, -0.1) is 23.2 Å². The van der Waals surface area contributed by atoms with Gasteiger partial charge in [0.15, 0.2) is 6.10 Å². The molecule has 0 aromatic rings. The molecule has 2 aliphatic carbocycles. The van der Waals surface area contributed by atoms with E-state index in [9.17, 15) is 34.3 Å². The normalized spacial score (nSPS) is 19.5. The molecule has 0 spiro atoms. The third kappa shape index (κ3) is 22.7. The van der Waals surface area contributed by atoms with E-state index in [1.54, 1.807) is 18.9 Å². The van der Waals surface area contributed by atoms with E-state index in [0.29, 0.717) is 35.8 Å². The van der Waals surface area contributed by atoms with Crippen LogP contribution in [0.25, 0.3) is 0 Å². The maximum Gasteiger partial charge on any atom is 0.373 e. The molecule has 1 atom stereocenters. The number of alkyl halides is 6. The number of hydrogen-bond donors (Lipinski definition) is 5. The molecule has 4 aliphatic rings. The van der Waals surface area contributed by atoms with Crippen LogP contribution in [0.5, 0.6) is 0 Å². The van der Waals surface area contributed by atoms with Crippen molar-refractivity contribution < 1.29 is 63.2 Å². The molecule has 4 bridgehead atoms. The fourth-order valence-corrected chi connectivity index (χ4v) is 8.60. The molecular formula is C32H53Br4Cl2N3O13. The first kappa shape index (κ1) is 57.4. The van der Waals surface area contributed by atoms with Gasteiger partial charge in [-0.25, -0.2) is 14.4 Å². The first-order valence-corrected chi connectivity index (χ1v) is 22.4. The number of nitrogens with two attached hydrogens (primary N) is 1. The van der Waals surface area contributed by atoms with Crippen LogP contribution in [0.15, 0.2) is 0 Å². The number of halogens is 6. The van der Waals surface area contributed by atoms with Crippen LogP contribution in [0.4, 0.5) is 0 Å². The first-order chi connectivity index (χ1) is 25.5. The Bertz CT molecular complexity index is 1070. The highest BCUT2D eigenvalue weighted by Gasteiger charge is 2.50. The largest absolute Gasteiger partial charge is 0.464 e. The van der Waals surface area contributed by atoms with Crippen molar-refractivity contribution in [1.29, 1.82) is 0 Å². The highest BCUT2D eigenvalue weighted by molar-refractivity contribution is 9.10. The number of aliphatic hydroxyl groups excluding tert-OH is 1.